The summed E-state index contributed by atoms with van der Waals surface area (Å²) < 4.78 is 2.07. The summed E-state index contributed by atoms with van der Waals surface area (Å²) in [5.74, 6) is 0.693. The quantitative estimate of drug-likeness (QED) is 0.836. The molecule has 0 unspecified atom stereocenters. The standard InChI is InChI=1S/C10H15N3S/c1-8(2)5-11-6-9-7-13-3-4-14-10(13)12-9/h3-4,7-8,11H,5-6H2,1-2H3. The molecule has 14 heavy (non-hydrogen) atoms. The van der Waals surface area contributed by atoms with E-state index in [9.17, 15) is 0 Å². The van der Waals surface area contributed by atoms with Crippen molar-refractivity contribution in [3.05, 3.63) is 23.5 Å². The number of nitrogens with zero attached hydrogens (tertiary/aromatic N) is 2. The van der Waals surface area contributed by atoms with Gasteiger partial charge in [0.05, 0.1) is 5.69 Å². The minimum atomic E-state index is 0.693. The van der Waals surface area contributed by atoms with Gasteiger partial charge in [0.2, 0.25) is 0 Å². The Morgan fingerprint density at radius 2 is 2.43 bits per heavy atom. The molecule has 0 aromatic carbocycles. The molecule has 0 aliphatic rings. The lowest BCUT2D eigenvalue weighted by atomic mass is 10.2. The third-order valence-corrected chi connectivity index (χ3v) is 2.77. The van der Waals surface area contributed by atoms with Gasteiger partial charge < -0.3 is 5.32 Å². The van der Waals surface area contributed by atoms with Crippen LogP contribution in [0, 0.1) is 5.92 Å². The molecule has 0 saturated carbocycles. The van der Waals surface area contributed by atoms with Crippen LogP contribution in [0.2, 0.25) is 0 Å². The van der Waals surface area contributed by atoms with Gasteiger partial charge in [0.25, 0.3) is 0 Å². The summed E-state index contributed by atoms with van der Waals surface area (Å²) >= 11 is 1.67. The number of fused-ring (bicyclic) bond motifs is 1. The minimum absolute atomic E-state index is 0.693. The van der Waals surface area contributed by atoms with Gasteiger partial charge in [-0.1, -0.05) is 13.8 Å². The number of nitrogens with one attached hydrogen (secondary N) is 1. The van der Waals surface area contributed by atoms with Crippen molar-refractivity contribution >= 4 is 16.3 Å². The van der Waals surface area contributed by atoms with E-state index in [4.69, 9.17) is 0 Å². The zero-order chi connectivity index (χ0) is 9.97. The molecule has 2 heterocycles. The van der Waals surface area contributed by atoms with E-state index in [1.54, 1.807) is 11.3 Å². The Morgan fingerprint density at radius 1 is 1.57 bits per heavy atom. The lowest BCUT2D eigenvalue weighted by Crippen LogP contribution is -2.19. The van der Waals surface area contributed by atoms with Gasteiger partial charge >= 0.3 is 0 Å². The largest absolute Gasteiger partial charge is 0.311 e. The van der Waals surface area contributed by atoms with Crippen LogP contribution in [0.3, 0.4) is 0 Å². The monoisotopic (exact) mass is 209 g/mol. The molecular formula is C10H15N3S. The third-order valence-electron chi connectivity index (χ3n) is 2.00. The molecule has 1 N–H and O–H groups in total. The molecule has 76 valence electrons. The van der Waals surface area contributed by atoms with Crippen molar-refractivity contribution in [2.75, 3.05) is 6.54 Å². The van der Waals surface area contributed by atoms with Gasteiger partial charge in [-0.05, 0) is 12.5 Å². The van der Waals surface area contributed by atoms with Gasteiger partial charge in [0.15, 0.2) is 4.96 Å². The van der Waals surface area contributed by atoms with Crippen LogP contribution in [-0.2, 0) is 6.54 Å². The summed E-state index contributed by atoms with van der Waals surface area (Å²) in [4.78, 5) is 5.56. The summed E-state index contributed by atoms with van der Waals surface area (Å²) in [5, 5.41) is 5.43. The zero-order valence-electron chi connectivity index (χ0n) is 8.53. The highest BCUT2D eigenvalue weighted by Gasteiger charge is 2.01. The molecule has 0 radical (unpaired) electrons. The maximum absolute atomic E-state index is 4.49. The van der Waals surface area contributed by atoms with Gasteiger partial charge in [-0.15, -0.1) is 11.3 Å². The first-order valence-corrected chi connectivity index (χ1v) is 5.75. The van der Waals surface area contributed by atoms with Gasteiger partial charge in [-0.3, -0.25) is 4.40 Å². The highest BCUT2D eigenvalue weighted by Crippen LogP contribution is 2.10. The van der Waals surface area contributed by atoms with Gasteiger partial charge in [0.1, 0.15) is 0 Å². The summed E-state index contributed by atoms with van der Waals surface area (Å²) in [6.45, 7) is 6.33. The van der Waals surface area contributed by atoms with Crippen LogP contribution in [0.15, 0.2) is 17.8 Å². The number of hydrogen-bond acceptors (Lipinski definition) is 3. The molecule has 0 saturated heterocycles. The Hall–Kier alpha value is -0.870. The second-order valence-corrected chi connectivity index (χ2v) is 4.72. The maximum atomic E-state index is 4.49. The Kier molecular flexibility index (Phi) is 2.84. The summed E-state index contributed by atoms with van der Waals surface area (Å²) in [5.41, 5.74) is 1.12. The molecule has 0 bridgehead atoms. The molecule has 0 aliphatic heterocycles. The van der Waals surface area contributed by atoms with Crippen molar-refractivity contribution in [1.29, 1.82) is 0 Å². The van der Waals surface area contributed by atoms with E-state index in [2.05, 4.69) is 34.7 Å². The molecule has 2 rings (SSSR count). The van der Waals surface area contributed by atoms with Gasteiger partial charge in [-0.25, -0.2) is 4.98 Å². The van der Waals surface area contributed by atoms with Crippen LogP contribution in [-0.4, -0.2) is 15.9 Å². The molecular weight excluding hydrogens is 194 g/mol. The summed E-state index contributed by atoms with van der Waals surface area (Å²) in [6, 6.07) is 0. The molecule has 2 aromatic rings. The number of imidazole rings is 1. The fourth-order valence-corrected chi connectivity index (χ4v) is 2.07. The number of hydrogen-bond donors (Lipinski definition) is 1. The van der Waals surface area contributed by atoms with Crippen molar-refractivity contribution in [1.82, 2.24) is 14.7 Å². The lowest BCUT2D eigenvalue weighted by Gasteiger charge is -2.04. The highest BCUT2D eigenvalue weighted by molar-refractivity contribution is 7.15. The van der Waals surface area contributed by atoms with Crippen LogP contribution in [0.1, 0.15) is 19.5 Å². The van der Waals surface area contributed by atoms with Crippen LogP contribution < -0.4 is 5.32 Å². The smallest absolute Gasteiger partial charge is 0.193 e. The molecule has 3 nitrogen and oxygen atoms in total. The molecule has 0 fully saturated rings. The van der Waals surface area contributed by atoms with E-state index in [1.165, 1.54) is 0 Å². The average Bonchev–Trinajstić information content (AvgIpc) is 2.62. The van der Waals surface area contributed by atoms with Gasteiger partial charge in [0, 0.05) is 24.3 Å². The highest BCUT2D eigenvalue weighted by atomic mass is 32.1. The molecule has 0 aliphatic carbocycles. The topological polar surface area (TPSA) is 29.3 Å². The number of thiazole rings is 1. The third kappa shape index (κ3) is 2.13. The van der Waals surface area contributed by atoms with Crippen molar-refractivity contribution < 1.29 is 0 Å². The lowest BCUT2D eigenvalue weighted by molar-refractivity contribution is 0.549. The number of aromatic nitrogens is 2. The van der Waals surface area contributed by atoms with Crippen LogP contribution in [0.4, 0.5) is 0 Å². The Balaban J connectivity index is 1.95. The van der Waals surface area contributed by atoms with E-state index in [-0.39, 0.29) is 0 Å². The van der Waals surface area contributed by atoms with Crippen LogP contribution in [0.25, 0.3) is 4.96 Å². The summed E-state index contributed by atoms with van der Waals surface area (Å²) in [6.07, 6.45) is 4.12. The van der Waals surface area contributed by atoms with E-state index in [1.807, 2.05) is 11.6 Å². The Bertz CT molecular complexity index is 374. The SMILES string of the molecule is CC(C)CNCc1cn2ccsc2n1. The fourth-order valence-electron chi connectivity index (χ4n) is 1.35. The van der Waals surface area contributed by atoms with Crippen LogP contribution >= 0.6 is 11.3 Å². The van der Waals surface area contributed by atoms with Crippen molar-refractivity contribution in [2.24, 2.45) is 5.92 Å². The first-order valence-electron chi connectivity index (χ1n) is 4.87. The van der Waals surface area contributed by atoms with Gasteiger partial charge in [-0.2, -0.15) is 0 Å². The Morgan fingerprint density at radius 3 is 3.14 bits per heavy atom. The van der Waals surface area contributed by atoms with Crippen molar-refractivity contribution in [2.45, 2.75) is 20.4 Å². The second-order valence-electron chi connectivity index (χ2n) is 3.85. The summed E-state index contributed by atoms with van der Waals surface area (Å²) in [7, 11) is 0. The van der Waals surface area contributed by atoms with E-state index >= 15 is 0 Å². The predicted molar refractivity (Wildman–Crippen MR) is 59.6 cm³/mol. The van der Waals surface area contributed by atoms with E-state index in [0.717, 1.165) is 23.7 Å². The first-order chi connectivity index (χ1) is 6.75. The second kappa shape index (κ2) is 4.11. The normalized spacial score (nSPS) is 11.6. The Labute approximate surface area is 87.8 Å². The minimum Gasteiger partial charge on any atom is -0.311 e. The van der Waals surface area contributed by atoms with E-state index in [0.29, 0.717) is 5.92 Å². The average molecular weight is 209 g/mol. The fraction of sp³-hybridized carbons (Fsp3) is 0.500. The first kappa shape index (κ1) is 9.68. The molecule has 2 aromatic heterocycles. The molecule has 0 spiro atoms. The maximum Gasteiger partial charge on any atom is 0.193 e. The van der Waals surface area contributed by atoms with E-state index < -0.39 is 0 Å². The number of rotatable bonds is 4. The molecule has 0 amide bonds. The molecule has 4 heteroatoms. The predicted octanol–water partition coefficient (Wildman–Crippen LogP) is 2.14. The van der Waals surface area contributed by atoms with Crippen molar-refractivity contribution in [3.63, 3.8) is 0 Å². The zero-order valence-corrected chi connectivity index (χ0v) is 9.34. The van der Waals surface area contributed by atoms with Crippen LogP contribution in [0.5, 0.6) is 0 Å². The van der Waals surface area contributed by atoms with Crippen molar-refractivity contribution in [3.8, 4) is 0 Å². The molecule has 0 atom stereocenters.